The summed E-state index contributed by atoms with van der Waals surface area (Å²) in [6.07, 6.45) is 1.93. The largest absolute Gasteiger partial charge is 0.468 e. The summed E-state index contributed by atoms with van der Waals surface area (Å²) in [6, 6.07) is -0.801. The van der Waals surface area contributed by atoms with Crippen molar-refractivity contribution >= 4 is 27.6 Å². The molecule has 118 valence electrons. The van der Waals surface area contributed by atoms with E-state index in [1.54, 1.807) is 14.0 Å². The van der Waals surface area contributed by atoms with Crippen LogP contribution >= 0.6 is 11.6 Å². The summed E-state index contributed by atoms with van der Waals surface area (Å²) in [7, 11) is -1.06. The van der Waals surface area contributed by atoms with Gasteiger partial charge < -0.3 is 4.74 Å². The van der Waals surface area contributed by atoms with Crippen molar-refractivity contribution in [2.24, 2.45) is 7.05 Å². The highest BCUT2D eigenvalue weighted by atomic mass is 35.5. The van der Waals surface area contributed by atoms with Gasteiger partial charge in [-0.05, 0) is 26.2 Å². The molecular weight excluding hydrogens is 318 g/mol. The van der Waals surface area contributed by atoms with E-state index in [2.05, 4.69) is 5.10 Å². The SMILES string of the molecule is COC(=O)C1CCCCN1S(=O)(=O)c1c(C)nn(C)c1Cl. The molecule has 0 radical (unpaired) electrons. The maximum Gasteiger partial charge on any atom is 0.324 e. The zero-order chi connectivity index (χ0) is 15.8. The number of esters is 1. The number of ether oxygens (including phenoxy) is 1. The molecule has 1 unspecified atom stereocenters. The first-order valence-corrected chi connectivity index (χ1v) is 8.41. The molecule has 1 aliphatic heterocycles. The van der Waals surface area contributed by atoms with Gasteiger partial charge in [-0.1, -0.05) is 11.6 Å². The monoisotopic (exact) mass is 335 g/mol. The van der Waals surface area contributed by atoms with Gasteiger partial charge in [0.2, 0.25) is 10.0 Å². The standard InChI is InChI=1S/C12H18ClN3O4S/c1-8-10(11(13)15(2)14-8)21(18,19)16-7-5-4-6-9(16)12(17)20-3/h9H,4-7H2,1-3H3. The Hall–Kier alpha value is -1.12. The molecule has 0 bridgehead atoms. The van der Waals surface area contributed by atoms with Gasteiger partial charge in [-0.3, -0.25) is 9.48 Å². The topological polar surface area (TPSA) is 81.5 Å². The van der Waals surface area contributed by atoms with Crippen molar-refractivity contribution in [3.05, 3.63) is 10.8 Å². The summed E-state index contributed by atoms with van der Waals surface area (Å²) in [6.45, 7) is 1.85. The Morgan fingerprint density at radius 3 is 2.62 bits per heavy atom. The van der Waals surface area contributed by atoms with Crippen molar-refractivity contribution in [2.75, 3.05) is 13.7 Å². The number of aromatic nitrogens is 2. The predicted molar refractivity (Wildman–Crippen MR) is 76.5 cm³/mol. The van der Waals surface area contributed by atoms with Crippen LogP contribution in [-0.2, 0) is 26.6 Å². The fourth-order valence-corrected chi connectivity index (χ4v) is 4.94. The molecule has 2 heterocycles. The number of carbonyl (C=O) groups is 1. The number of halogens is 1. The van der Waals surface area contributed by atoms with Gasteiger partial charge in [-0.15, -0.1) is 0 Å². The third-order valence-electron chi connectivity index (χ3n) is 3.59. The van der Waals surface area contributed by atoms with E-state index in [1.165, 1.54) is 16.1 Å². The highest BCUT2D eigenvalue weighted by Gasteiger charge is 2.40. The molecule has 1 saturated heterocycles. The Morgan fingerprint density at radius 2 is 2.10 bits per heavy atom. The number of carbonyl (C=O) groups excluding carboxylic acids is 1. The van der Waals surface area contributed by atoms with Crippen molar-refractivity contribution in [1.82, 2.24) is 14.1 Å². The number of rotatable bonds is 3. The van der Waals surface area contributed by atoms with E-state index in [0.717, 1.165) is 6.42 Å². The minimum Gasteiger partial charge on any atom is -0.468 e. The van der Waals surface area contributed by atoms with Gasteiger partial charge in [0.1, 0.15) is 16.1 Å². The Bertz CT molecular complexity index is 656. The van der Waals surface area contributed by atoms with Gasteiger partial charge in [0, 0.05) is 13.6 Å². The lowest BCUT2D eigenvalue weighted by Gasteiger charge is -2.32. The van der Waals surface area contributed by atoms with Crippen molar-refractivity contribution in [2.45, 2.75) is 37.1 Å². The van der Waals surface area contributed by atoms with Crippen LogP contribution in [0.4, 0.5) is 0 Å². The Balaban J connectivity index is 2.48. The zero-order valence-corrected chi connectivity index (χ0v) is 13.7. The number of sulfonamides is 1. The summed E-state index contributed by atoms with van der Waals surface area (Å²) in [5.74, 6) is -0.545. The number of piperidine rings is 1. The Labute approximate surface area is 128 Å². The molecule has 0 aliphatic carbocycles. The molecule has 1 atom stereocenters. The molecule has 1 aromatic heterocycles. The van der Waals surface area contributed by atoms with Crippen LogP contribution in [0.1, 0.15) is 25.0 Å². The minimum absolute atomic E-state index is 0.0394. The van der Waals surface area contributed by atoms with Crippen LogP contribution in [0.5, 0.6) is 0 Å². The molecule has 0 spiro atoms. The quantitative estimate of drug-likeness (QED) is 0.772. The zero-order valence-electron chi connectivity index (χ0n) is 12.2. The molecule has 7 nitrogen and oxygen atoms in total. The summed E-state index contributed by atoms with van der Waals surface area (Å²) in [4.78, 5) is 11.8. The molecule has 21 heavy (non-hydrogen) atoms. The molecule has 1 fully saturated rings. The van der Waals surface area contributed by atoms with E-state index in [4.69, 9.17) is 16.3 Å². The van der Waals surface area contributed by atoms with Crippen LogP contribution in [0.2, 0.25) is 5.15 Å². The van der Waals surface area contributed by atoms with Crippen molar-refractivity contribution in [3.63, 3.8) is 0 Å². The van der Waals surface area contributed by atoms with Crippen LogP contribution in [0.15, 0.2) is 4.90 Å². The number of methoxy groups -OCH3 is 1. The van der Waals surface area contributed by atoms with Crippen LogP contribution in [0.3, 0.4) is 0 Å². The van der Waals surface area contributed by atoms with Crippen molar-refractivity contribution in [1.29, 1.82) is 0 Å². The summed E-state index contributed by atoms with van der Waals surface area (Å²) < 4.78 is 32.9. The number of hydrogen-bond donors (Lipinski definition) is 0. The van der Waals surface area contributed by atoms with Gasteiger partial charge >= 0.3 is 5.97 Å². The third kappa shape index (κ3) is 2.79. The molecule has 0 N–H and O–H groups in total. The molecule has 2 rings (SSSR count). The van der Waals surface area contributed by atoms with Gasteiger partial charge in [-0.2, -0.15) is 9.40 Å². The first kappa shape index (κ1) is 16.3. The van der Waals surface area contributed by atoms with E-state index in [9.17, 15) is 13.2 Å². The van der Waals surface area contributed by atoms with Crippen LogP contribution in [0, 0.1) is 6.92 Å². The number of aryl methyl sites for hydroxylation is 2. The van der Waals surface area contributed by atoms with E-state index >= 15 is 0 Å². The van der Waals surface area contributed by atoms with E-state index in [-0.39, 0.29) is 16.6 Å². The fraction of sp³-hybridized carbons (Fsp3) is 0.667. The lowest BCUT2D eigenvalue weighted by Crippen LogP contribution is -2.48. The lowest BCUT2D eigenvalue weighted by molar-refractivity contribution is -0.146. The second-order valence-corrected chi connectivity index (χ2v) is 7.16. The summed E-state index contributed by atoms with van der Waals surface area (Å²) >= 11 is 6.06. The molecule has 0 aromatic carbocycles. The molecule has 9 heteroatoms. The maximum atomic E-state index is 12.9. The van der Waals surface area contributed by atoms with Crippen molar-refractivity contribution in [3.8, 4) is 0 Å². The molecule has 1 aliphatic rings. The van der Waals surface area contributed by atoms with E-state index in [1.807, 2.05) is 0 Å². The Kier molecular flexibility index (Phi) is 4.60. The Morgan fingerprint density at radius 1 is 1.43 bits per heavy atom. The third-order valence-corrected chi connectivity index (χ3v) is 6.20. The number of nitrogens with zero attached hydrogens (tertiary/aromatic N) is 3. The van der Waals surface area contributed by atoms with Gasteiger partial charge in [-0.25, -0.2) is 8.42 Å². The average Bonchev–Trinajstić information content (AvgIpc) is 2.71. The highest BCUT2D eigenvalue weighted by molar-refractivity contribution is 7.89. The highest BCUT2D eigenvalue weighted by Crippen LogP contribution is 2.31. The van der Waals surface area contributed by atoms with Gasteiger partial charge in [0.15, 0.2) is 0 Å². The first-order valence-electron chi connectivity index (χ1n) is 6.59. The van der Waals surface area contributed by atoms with Crippen LogP contribution in [0.25, 0.3) is 0 Å². The summed E-state index contributed by atoms with van der Waals surface area (Å²) in [5.41, 5.74) is 0.316. The molecule has 0 saturated carbocycles. The molecular formula is C12H18ClN3O4S. The summed E-state index contributed by atoms with van der Waals surface area (Å²) in [5, 5.41) is 4.07. The first-order chi connectivity index (χ1) is 9.80. The van der Waals surface area contributed by atoms with E-state index < -0.39 is 22.0 Å². The average molecular weight is 336 g/mol. The van der Waals surface area contributed by atoms with E-state index in [0.29, 0.717) is 18.5 Å². The van der Waals surface area contributed by atoms with Crippen LogP contribution < -0.4 is 0 Å². The minimum atomic E-state index is -3.89. The maximum absolute atomic E-state index is 12.9. The van der Waals surface area contributed by atoms with Gasteiger partial charge in [0.25, 0.3) is 0 Å². The lowest BCUT2D eigenvalue weighted by atomic mass is 10.1. The molecule has 1 aromatic rings. The van der Waals surface area contributed by atoms with Crippen LogP contribution in [-0.4, -0.2) is 48.2 Å². The smallest absolute Gasteiger partial charge is 0.324 e. The second kappa shape index (κ2) is 5.94. The predicted octanol–water partition coefficient (Wildman–Crippen LogP) is 1.10. The number of hydrogen-bond acceptors (Lipinski definition) is 5. The second-order valence-electron chi connectivity index (χ2n) is 4.98. The van der Waals surface area contributed by atoms with Gasteiger partial charge in [0.05, 0.1) is 12.8 Å². The normalized spacial score (nSPS) is 20.5. The fourth-order valence-electron chi connectivity index (χ4n) is 2.59. The van der Waals surface area contributed by atoms with Crippen molar-refractivity contribution < 1.29 is 17.9 Å². The molecule has 0 amide bonds.